The van der Waals surface area contributed by atoms with Crippen molar-refractivity contribution in [3.8, 4) is 11.5 Å². The van der Waals surface area contributed by atoms with Crippen molar-refractivity contribution in [2.24, 2.45) is 5.10 Å². The molecule has 3 aromatic carbocycles. The van der Waals surface area contributed by atoms with Gasteiger partial charge in [0.1, 0.15) is 6.61 Å². The Hall–Kier alpha value is -2.30. The minimum atomic E-state index is -0.438. The number of carbonyl (C=O) groups excluding carboxylic acids is 1. The van der Waals surface area contributed by atoms with Crippen molar-refractivity contribution < 1.29 is 14.3 Å². The molecule has 0 saturated heterocycles. The van der Waals surface area contributed by atoms with Crippen LogP contribution in [0.5, 0.6) is 11.5 Å². The molecule has 0 aliphatic rings. The molecule has 3 rings (SSSR count). The first kappa shape index (κ1) is 25.3. The first-order valence-corrected chi connectivity index (χ1v) is 12.3. The molecule has 0 fully saturated rings. The van der Waals surface area contributed by atoms with Crippen molar-refractivity contribution in [1.82, 2.24) is 5.43 Å². The summed E-state index contributed by atoms with van der Waals surface area (Å²) in [5, 5.41) is 7.43. The first-order valence-electron chi connectivity index (χ1n) is 10.1. The molecule has 33 heavy (non-hydrogen) atoms. The molecule has 0 aliphatic carbocycles. The number of carbonyl (C=O) groups is 1. The summed E-state index contributed by atoms with van der Waals surface area (Å²) < 4.78 is 13.6. The van der Waals surface area contributed by atoms with Gasteiger partial charge in [-0.1, -0.05) is 45.7 Å². The number of hydrogen-bond donors (Lipinski definition) is 2. The largest absolute Gasteiger partial charge is 0.490 e. The van der Waals surface area contributed by atoms with E-state index in [1.807, 2.05) is 62.4 Å². The fourth-order valence-corrected chi connectivity index (χ4v) is 4.10. The van der Waals surface area contributed by atoms with Gasteiger partial charge in [0.25, 0.3) is 0 Å². The zero-order valence-corrected chi connectivity index (χ0v) is 22.5. The van der Waals surface area contributed by atoms with Gasteiger partial charge in [0, 0.05) is 20.7 Å². The lowest BCUT2D eigenvalue weighted by molar-refractivity contribution is 0.252. The number of nitrogens with one attached hydrogen (secondary N) is 2. The zero-order valence-electron chi connectivity index (χ0n) is 18.0. The number of ether oxygens (including phenoxy) is 2. The van der Waals surface area contributed by atoms with E-state index in [2.05, 4.69) is 54.4 Å². The zero-order chi connectivity index (χ0) is 23.8. The number of hydrazone groups is 1. The normalized spacial score (nSPS) is 10.8. The molecule has 0 unspecified atom stereocenters. The van der Waals surface area contributed by atoms with Gasteiger partial charge in [-0.25, -0.2) is 10.2 Å². The van der Waals surface area contributed by atoms with Gasteiger partial charge < -0.3 is 14.8 Å². The Morgan fingerprint density at radius 3 is 2.70 bits per heavy atom. The fourth-order valence-electron chi connectivity index (χ4n) is 2.88. The molecule has 0 bridgehead atoms. The van der Waals surface area contributed by atoms with Gasteiger partial charge in [-0.2, -0.15) is 5.10 Å². The van der Waals surface area contributed by atoms with E-state index in [-0.39, 0.29) is 0 Å². The van der Waals surface area contributed by atoms with Crippen LogP contribution < -0.4 is 20.2 Å². The lowest BCUT2D eigenvalue weighted by Crippen LogP contribution is -2.24. The smallest absolute Gasteiger partial charge is 0.339 e. The molecule has 0 aromatic heterocycles. The highest BCUT2D eigenvalue weighted by atomic mass is 127. The molecule has 2 N–H and O–H groups in total. The van der Waals surface area contributed by atoms with Crippen molar-refractivity contribution in [2.45, 2.75) is 20.5 Å². The van der Waals surface area contributed by atoms with Crippen molar-refractivity contribution >= 4 is 68.1 Å². The standard InChI is InChI=1S/C24H22BrClIN3O3/c1-3-32-22-12-16(11-21(27)23(22)33-14-17-6-4-5-7-20(17)26)13-28-30-24(31)29-18-8-9-19(25)15(2)10-18/h4-13H,3,14H2,1-2H3,(H2,29,30,31)/b28-13+. The van der Waals surface area contributed by atoms with Crippen LogP contribution in [0.2, 0.25) is 5.02 Å². The average Bonchev–Trinajstić information content (AvgIpc) is 2.77. The average molecular weight is 643 g/mol. The summed E-state index contributed by atoms with van der Waals surface area (Å²) in [5.41, 5.74) is 5.81. The molecule has 0 atom stereocenters. The number of aryl methyl sites for hydroxylation is 1. The Kier molecular flexibility index (Phi) is 9.40. The second-order valence-corrected chi connectivity index (χ2v) is 9.35. The molecule has 0 spiro atoms. The lowest BCUT2D eigenvalue weighted by atomic mass is 10.2. The van der Waals surface area contributed by atoms with Crippen molar-refractivity contribution in [3.63, 3.8) is 0 Å². The number of halogens is 3. The summed E-state index contributed by atoms with van der Waals surface area (Å²) in [6, 6.07) is 16.4. The predicted octanol–water partition coefficient (Wildman–Crippen LogP) is 7.15. The fraction of sp³-hybridized carbons (Fsp3) is 0.167. The third-order valence-electron chi connectivity index (χ3n) is 4.46. The molecule has 0 radical (unpaired) electrons. The topological polar surface area (TPSA) is 72.0 Å². The number of anilines is 1. The van der Waals surface area contributed by atoms with E-state index >= 15 is 0 Å². The summed E-state index contributed by atoms with van der Waals surface area (Å²) in [7, 11) is 0. The highest BCUT2D eigenvalue weighted by molar-refractivity contribution is 14.1. The molecule has 0 aliphatic heterocycles. The van der Waals surface area contributed by atoms with Crippen LogP contribution in [-0.4, -0.2) is 18.9 Å². The van der Waals surface area contributed by atoms with E-state index in [4.69, 9.17) is 21.1 Å². The molecule has 2 amide bonds. The first-order chi connectivity index (χ1) is 15.9. The van der Waals surface area contributed by atoms with Gasteiger partial charge in [0.05, 0.1) is 16.4 Å². The Morgan fingerprint density at radius 1 is 1.18 bits per heavy atom. The maximum absolute atomic E-state index is 12.1. The van der Waals surface area contributed by atoms with Gasteiger partial charge >= 0.3 is 6.03 Å². The number of nitrogens with zero attached hydrogens (tertiary/aromatic N) is 1. The van der Waals surface area contributed by atoms with Gasteiger partial charge in [-0.3, -0.25) is 0 Å². The number of urea groups is 1. The Morgan fingerprint density at radius 2 is 1.97 bits per heavy atom. The minimum Gasteiger partial charge on any atom is -0.490 e. The van der Waals surface area contributed by atoms with Crippen LogP contribution >= 0.6 is 50.1 Å². The van der Waals surface area contributed by atoms with E-state index in [9.17, 15) is 4.79 Å². The van der Waals surface area contributed by atoms with E-state index in [0.717, 1.165) is 24.7 Å². The summed E-state index contributed by atoms with van der Waals surface area (Å²) in [5.74, 6) is 1.22. The van der Waals surface area contributed by atoms with Gasteiger partial charge in [0.15, 0.2) is 11.5 Å². The summed E-state index contributed by atoms with van der Waals surface area (Å²) >= 11 is 11.9. The Labute approximate surface area is 220 Å². The van der Waals surface area contributed by atoms with Crippen molar-refractivity contribution in [2.75, 3.05) is 11.9 Å². The van der Waals surface area contributed by atoms with Crippen molar-refractivity contribution in [1.29, 1.82) is 0 Å². The highest BCUT2D eigenvalue weighted by Crippen LogP contribution is 2.35. The number of hydrogen-bond acceptors (Lipinski definition) is 4. The van der Waals surface area contributed by atoms with E-state index in [0.29, 0.717) is 35.4 Å². The summed E-state index contributed by atoms with van der Waals surface area (Å²) in [6.45, 7) is 4.65. The second kappa shape index (κ2) is 12.2. The van der Waals surface area contributed by atoms with Crippen LogP contribution in [0, 0.1) is 10.5 Å². The molecule has 172 valence electrons. The van der Waals surface area contributed by atoms with Crippen LogP contribution in [0.1, 0.15) is 23.6 Å². The quantitative estimate of drug-likeness (QED) is 0.156. The number of benzene rings is 3. The Balaban J connectivity index is 1.67. The highest BCUT2D eigenvalue weighted by Gasteiger charge is 2.13. The molecule has 3 aromatic rings. The molecule has 9 heteroatoms. The monoisotopic (exact) mass is 641 g/mol. The third kappa shape index (κ3) is 7.35. The lowest BCUT2D eigenvalue weighted by Gasteiger charge is -2.15. The number of rotatable bonds is 8. The molecule has 0 heterocycles. The second-order valence-electron chi connectivity index (χ2n) is 6.93. The molecule has 6 nitrogen and oxygen atoms in total. The Bertz CT molecular complexity index is 1170. The van der Waals surface area contributed by atoms with Crippen LogP contribution in [0.4, 0.5) is 10.5 Å². The van der Waals surface area contributed by atoms with Crippen LogP contribution in [0.25, 0.3) is 0 Å². The third-order valence-corrected chi connectivity index (χ3v) is 6.52. The van der Waals surface area contributed by atoms with Gasteiger partial charge in [-0.15, -0.1) is 0 Å². The van der Waals surface area contributed by atoms with E-state index < -0.39 is 6.03 Å². The van der Waals surface area contributed by atoms with Gasteiger partial charge in [-0.05, 0) is 84.0 Å². The van der Waals surface area contributed by atoms with Crippen molar-refractivity contribution in [3.05, 3.63) is 84.4 Å². The van der Waals surface area contributed by atoms with E-state index in [1.165, 1.54) is 0 Å². The maximum Gasteiger partial charge on any atom is 0.339 e. The van der Waals surface area contributed by atoms with Crippen LogP contribution in [0.3, 0.4) is 0 Å². The minimum absolute atomic E-state index is 0.320. The summed E-state index contributed by atoms with van der Waals surface area (Å²) in [6.07, 6.45) is 1.55. The molecular weight excluding hydrogens is 621 g/mol. The van der Waals surface area contributed by atoms with Crippen LogP contribution in [0.15, 0.2) is 64.2 Å². The van der Waals surface area contributed by atoms with Gasteiger partial charge in [0.2, 0.25) is 0 Å². The van der Waals surface area contributed by atoms with Crippen LogP contribution in [-0.2, 0) is 6.61 Å². The maximum atomic E-state index is 12.1. The molecule has 0 saturated carbocycles. The molecular formula is C24H22BrClIN3O3. The summed E-state index contributed by atoms with van der Waals surface area (Å²) in [4.78, 5) is 12.1. The predicted molar refractivity (Wildman–Crippen MR) is 145 cm³/mol. The van der Waals surface area contributed by atoms with E-state index in [1.54, 1.807) is 12.3 Å². The SMILES string of the molecule is CCOc1cc(/C=N/NC(=O)Nc2ccc(Br)c(C)c2)cc(I)c1OCc1ccccc1Cl. The number of amides is 2.